The molecule has 0 spiro atoms. The normalized spacial score (nSPS) is 18.4. The first kappa shape index (κ1) is 20.5. The Labute approximate surface area is 185 Å². The molecule has 1 fully saturated rings. The van der Waals surface area contributed by atoms with Crippen molar-refractivity contribution in [2.75, 3.05) is 18.5 Å². The molecule has 0 radical (unpaired) electrons. The van der Waals surface area contributed by atoms with Crippen LogP contribution in [0.1, 0.15) is 26.2 Å². The van der Waals surface area contributed by atoms with Gasteiger partial charge in [0.05, 0.1) is 31.2 Å². The summed E-state index contributed by atoms with van der Waals surface area (Å²) in [7, 11) is 0. The molecule has 3 heterocycles. The summed E-state index contributed by atoms with van der Waals surface area (Å²) in [6.45, 7) is 4.09. The van der Waals surface area contributed by atoms with E-state index in [1.54, 1.807) is 10.9 Å². The Morgan fingerprint density at radius 1 is 1.16 bits per heavy atom. The lowest BCUT2D eigenvalue weighted by Gasteiger charge is -2.12. The molecule has 0 unspecified atom stereocenters. The molecule has 0 bridgehead atoms. The van der Waals surface area contributed by atoms with Crippen LogP contribution in [0.3, 0.4) is 0 Å². The second-order valence-electron chi connectivity index (χ2n) is 8.05. The van der Waals surface area contributed by atoms with Gasteiger partial charge in [-0.3, -0.25) is 4.68 Å². The smallest absolute Gasteiger partial charge is 0.225 e. The molecule has 10 heteroatoms. The lowest BCUT2D eigenvalue weighted by molar-refractivity contribution is 0.136. The second kappa shape index (κ2) is 9.01. The molecule has 2 atom stereocenters. The van der Waals surface area contributed by atoms with E-state index >= 15 is 0 Å². The van der Waals surface area contributed by atoms with E-state index < -0.39 is 0 Å². The van der Waals surface area contributed by atoms with Crippen molar-refractivity contribution in [3.63, 3.8) is 0 Å². The monoisotopic (exact) mass is 433 g/mol. The van der Waals surface area contributed by atoms with Crippen LogP contribution in [0.2, 0.25) is 0 Å². The predicted octanol–water partition coefficient (Wildman–Crippen LogP) is 2.40. The summed E-state index contributed by atoms with van der Waals surface area (Å²) >= 11 is 0. The number of hydrogen-bond donors (Lipinski definition) is 2. The summed E-state index contributed by atoms with van der Waals surface area (Å²) in [5.41, 5.74) is 10.4. The van der Waals surface area contributed by atoms with Crippen LogP contribution in [0.5, 0.6) is 0 Å². The topological polar surface area (TPSA) is 122 Å². The average molecular weight is 434 g/mol. The standard InChI is InChI=1S/C22H27N9O/c1-2-32-10-9-30-14-16(12-25-30)15-3-7-19(8-4-15)31-21-20(28-29-31)13-24-22(27-21)26-18-6-5-17(23)11-18/h3-4,7-8,12-14,17-18H,2,5-6,9-11,23H2,1H3,(H,24,26,27)/t17-,18-/m1/s1. The Bertz CT molecular complexity index is 1180. The van der Waals surface area contributed by atoms with Crippen LogP contribution in [0.15, 0.2) is 42.9 Å². The lowest BCUT2D eigenvalue weighted by atomic mass is 10.1. The van der Waals surface area contributed by atoms with E-state index in [0.717, 1.165) is 42.6 Å². The van der Waals surface area contributed by atoms with Gasteiger partial charge in [-0.1, -0.05) is 17.3 Å². The van der Waals surface area contributed by atoms with Crippen molar-refractivity contribution in [3.8, 4) is 16.8 Å². The minimum atomic E-state index is 0.249. The van der Waals surface area contributed by atoms with Gasteiger partial charge in [0.2, 0.25) is 5.95 Å². The fraction of sp³-hybridized carbons (Fsp3) is 0.409. The maximum Gasteiger partial charge on any atom is 0.225 e. The van der Waals surface area contributed by atoms with E-state index in [1.165, 1.54) is 0 Å². The van der Waals surface area contributed by atoms with Crippen molar-refractivity contribution in [2.24, 2.45) is 5.73 Å². The van der Waals surface area contributed by atoms with Gasteiger partial charge in [0.15, 0.2) is 11.2 Å². The highest BCUT2D eigenvalue weighted by Gasteiger charge is 2.22. The molecule has 1 aliphatic carbocycles. The summed E-state index contributed by atoms with van der Waals surface area (Å²) in [4.78, 5) is 9.06. The molecule has 5 rings (SSSR count). The minimum Gasteiger partial charge on any atom is -0.380 e. The highest BCUT2D eigenvalue weighted by atomic mass is 16.5. The summed E-state index contributed by atoms with van der Waals surface area (Å²) < 4.78 is 9.03. The van der Waals surface area contributed by atoms with Gasteiger partial charge >= 0.3 is 0 Å². The molecule has 3 aromatic heterocycles. The van der Waals surface area contributed by atoms with E-state index in [1.807, 2.05) is 48.3 Å². The Balaban J connectivity index is 1.34. The number of nitrogens with one attached hydrogen (secondary N) is 1. The maximum absolute atomic E-state index is 6.02. The van der Waals surface area contributed by atoms with Gasteiger partial charge in [0.1, 0.15) is 0 Å². The fourth-order valence-electron chi connectivity index (χ4n) is 4.03. The van der Waals surface area contributed by atoms with Crippen molar-refractivity contribution in [2.45, 2.75) is 44.8 Å². The molecule has 1 saturated carbocycles. The third-order valence-corrected chi connectivity index (χ3v) is 5.75. The van der Waals surface area contributed by atoms with Gasteiger partial charge in [0, 0.05) is 30.5 Å². The molecule has 4 aromatic rings. The van der Waals surface area contributed by atoms with Gasteiger partial charge in [-0.05, 0) is 43.9 Å². The molecule has 0 amide bonds. The summed E-state index contributed by atoms with van der Waals surface area (Å²) in [5.74, 6) is 0.580. The van der Waals surface area contributed by atoms with Gasteiger partial charge in [-0.2, -0.15) is 14.8 Å². The minimum absolute atomic E-state index is 0.249. The number of rotatable bonds is 8. The van der Waals surface area contributed by atoms with Crippen molar-refractivity contribution in [1.29, 1.82) is 0 Å². The van der Waals surface area contributed by atoms with Crippen LogP contribution >= 0.6 is 0 Å². The molecule has 0 aliphatic heterocycles. The highest BCUT2D eigenvalue weighted by Crippen LogP contribution is 2.23. The third kappa shape index (κ3) is 4.32. The SMILES string of the molecule is CCOCCn1cc(-c2ccc(-n3nnc4cnc(N[C@@H]5CC[C@@H](N)C5)nc43)cc2)cn1. The summed E-state index contributed by atoms with van der Waals surface area (Å²) in [6, 6.07) is 8.66. The average Bonchev–Trinajstić information content (AvgIpc) is 3.54. The highest BCUT2D eigenvalue weighted by molar-refractivity contribution is 5.72. The number of nitrogens with two attached hydrogens (primary N) is 1. The first-order chi connectivity index (χ1) is 15.7. The largest absolute Gasteiger partial charge is 0.380 e. The molecule has 32 heavy (non-hydrogen) atoms. The zero-order valence-corrected chi connectivity index (χ0v) is 18.1. The number of nitrogens with zero attached hydrogens (tertiary/aromatic N) is 7. The Kier molecular flexibility index (Phi) is 5.78. The van der Waals surface area contributed by atoms with Gasteiger partial charge in [0.25, 0.3) is 0 Å². The molecule has 3 N–H and O–H groups in total. The van der Waals surface area contributed by atoms with Crippen molar-refractivity contribution in [3.05, 3.63) is 42.9 Å². The molecule has 10 nitrogen and oxygen atoms in total. The van der Waals surface area contributed by atoms with Crippen LogP contribution in [-0.4, -0.2) is 60.0 Å². The quantitative estimate of drug-likeness (QED) is 0.406. The van der Waals surface area contributed by atoms with Crippen molar-refractivity contribution < 1.29 is 4.74 Å². The van der Waals surface area contributed by atoms with E-state index in [2.05, 4.69) is 30.7 Å². The lowest BCUT2D eigenvalue weighted by Crippen LogP contribution is -2.21. The number of anilines is 1. The molecule has 1 aliphatic rings. The summed E-state index contributed by atoms with van der Waals surface area (Å²) in [5, 5.41) is 16.3. The number of fused-ring (bicyclic) bond motifs is 1. The molecule has 0 saturated heterocycles. The second-order valence-corrected chi connectivity index (χ2v) is 8.05. The molecule has 1 aromatic carbocycles. The number of ether oxygens (including phenoxy) is 1. The number of aromatic nitrogens is 7. The van der Waals surface area contributed by atoms with E-state index in [0.29, 0.717) is 36.4 Å². The Hall–Kier alpha value is -3.37. The molecular weight excluding hydrogens is 406 g/mol. The molecular formula is C22H27N9O. The van der Waals surface area contributed by atoms with E-state index in [9.17, 15) is 0 Å². The van der Waals surface area contributed by atoms with E-state index in [-0.39, 0.29) is 6.04 Å². The van der Waals surface area contributed by atoms with Crippen LogP contribution in [0.25, 0.3) is 28.0 Å². The predicted molar refractivity (Wildman–Crippen MR) is 121 cm³/mol. The van der Waals surface area contributed by atoms with Gasteiger partial charge < -0.3 is 15.8 Å². The third-order valence-electron chi connectivity index (χ3n) is 5.75. The van der Waals surface area contributed by atoms with Crippen molar-refractivity contribution in [1.82, 2.24) is 34.7 Å². The molecule has 166 valence electrons. The van der Waals surface area contributed by atoms with Crippen LogP contribution in [-0.2, 0) is 11.3 Å². The first-order valence-electron chi connectivity index (χ1n) is 11.0. The van der Waals surface area contributed by atoms with Crippen molar-refractivity contribution >= 4 is 17.1 Å². The fourth-order valence-corrected chi connectivity index (χ4v) is 4.03. The van der Waals surface area contributed by atoms with Crippen LogP contribution < -0.4 is 11.1 Å². The Morgan fingerprint density at radius 2 is 2.03 bits per heavy atom. The number of hydrogen-bond acceptors (Lipinski definition) is 8. The summed E-state index contributed by atoms with van der Waals surface area (Å²) in [6.07, 6.45) is 8.59. The first-order valence-corrected chi connectivity index (χ1v) is 11.0. The Morgan fingerprint density at radius 3 is 2.81 bits per heavy atom. The zero-order chi connectivity index (χ0) is 21.9. The van der Waals surface area contributed by atoms with Crippen LogP contribution in [0, 0.1) is 0 Å². The van der Waals surface area contributed by atoms with Gasteiger partial charge in [-0.15, -0.1) is 5.10 Å². The number of benzene rings is 1. The van der Waals surface area contributed by atoms with E-state index in [4.69, 9.17) is 10.5 Å². The van der Waals surface area contributed by atoms with Crippen LogP contribution in [0.4, 0.5) is 5.95 Å². The zero-order valence-electron chi connectivity index (χ0n) is 18.1. The maximum atomic E-state index is 6.02. The van der Waals surface area contributed by atoms with Gasteiger partial charge in [-0.25, -0.2) is 4.98 Å².